The highest BCUT2D eigenvalue weighted by molar-refractivity contribution is 5.66. The van der Waals surface area contributed by atoms with Gasteiger partial charge < -0.3 is 18.9 Å². The van der Waals surface area contributed by atoms with E-state index in [4.69, 9.17) is 18.9 Å². The van der Waals surface area contributed by atoms with E-state index in [1.165, 1.54) is 14.0 Å². The standard InChI is InChI=1S/C9H16O5/c1-5-7(11-3)8(12-4)9(13-5)14-6(2)10/h5,7-9H,1-4H3/t5-,7-,8-,9+/m1/s1. The van der Waals surface area contributed by atoms with Crippen LogP contribution >= 0.6 is 0 Å². The molecule has 1 saturated heterocycles. The molecule has 0 bridgehead atoms. The van der Waals surface area contributed by atoms with Gasteiger partial charge in [0, 0.05) is 21.1 Å². The molecule has 0 aromatic carbocycles. The van der Waals surface area contributed by atoms with Crippen molar-refractivity contribution in [2.45, 2.75) is 38.4 Å². The molecular formula is C9H16O5. The molecule has 1 fully saturated rings. The van der Waals surface area contributed by atoms with Crippen molar-refractivity contribution in [1.82, 2.24) is 0 Å². The van der Waals surface area contributed by atoms with Crippen LogP contribution in [0.3, 0.4) is 0 Å². The van der Waals surface area contributed by atoms with Gasteiger partial charge in [0.15, 0.2) is 0 Å². The summed E-state index contributed by atoms with van der Waals surface area (Å²) in [6.45, 7) is 3.19. The maximum absolute atomic E-state index is 10.8. The van der Waals surface area contributed by atoms with Crippen molar-refractivity contribution >= 4 is 5.97 Å². The minimum atomic E-state index is -0.669. The number of hydrogen-bond acceptors (Lipinski definition) is 5. The fourth-order valence-corrected chi connectivity index (χ4v) is 1.62. The van der Waals surface area contributed by atoms with Crippen LogP contribution in [-0.2, 0) is 23.7 Å². The van der Waals surface area contributed by atoms with Gasteiger partial charge in [0.2, 0.25) is 6.29 Å². The molecule has 0 amide bonds. The lowest BCUT2D eigenvalue weighted by Gasteiger charge is -2.19. The molecule has 1 heterocycles. The van der Waals surface area contributed by atoms with Crippen LogP contribution in [0.15, 0.2) is 0 Å². The fraction of sp³-hybridized carbons (Fsp3) is 0.889. The Morgan fingerprint density at radius 2 is 1.79 bits per heavy atom. The summed E-state index contributed by atoms with van der Waals surface area (Å²) in [5.41, 5.74) is 0. The quantitative estimate of drug-likeness (QED) is 0.620. The third-order valence-corrected chi connectivity index (χ3v) is 2.23. The van der Waals surface area contributed by atoms with Gasteiger partial charge >= 0.3 is 5.97 Å². The molecule has 0 saturated carbocycles. The van der Waals surface area contributed by atoms with Crippen molar-refractivity contribution in [2.75, 3.05) is 14.2 Å². The largest absolute Gasteiger partial charge is 0.433 e. The van der Waals surface area contributed by atoms with E-state index in [-0.39, 0.29) is 24.3 Å². The Morgan fingerprint density at radius 3 is 2.21 bits per heavy atom. The first-order chi connectivity index (χ1) is 6.60. The predicted molar refractivity (Wildman–Crippen MR) is 47.7 cm³/mol. The van der Waals surface area contributed by atoms with E-state index < -0.39 is 6.29 Å². The SMILES string of the molecule is CO[C@H]1[C@H](OC(C)=O)O[C@H](C)[C@H]1OC. The molecule has 1 rings (SSSR count). The van der Waals surface area contributed by atoms with Crippen molar-refractivity contribution in [3.05, 3.63) is 0 Å². The average molecular weight is 204 g/mol. The molecule has 82 valence electrons. The first-order valence-corrected chi connectivity index (χ1v) is 4.48. The minimum absolute atomic E-state index is 0.144. The van der Waals surface area contributed by atoms with Gasteiger partial charge in [-0.25, -0.2) is 0 Å². The van der Waals surface area contributed by atoms with E-state index in [0.29, 0.717) is 0 Å². The predicted octanol–water partition coefficient (Wildman–Crippen LogP) is 0.324. The molecule has 1 aliphatic heterocycles. The molecule has 0 aromatic rings. The number of esters is 1. The van der Waals surface area contributed by atoms with Crippen LogP contribution in [0, 0.1) is 0 Å². The summed E-state index contributed by atoms with van der Waals surface area (Å²) in [4.78, 5) is 10.8. The number of rotatable bonds is 3. The van der Waals surface area contributed by atoms with Crippen LogP contribution in [-0.4, -0.2) is 44.8 Å². The Hall–Kier alpha value is -0.650. The number of carbonyl (C=O) groups excluding carboxylic acids is 1. The van der Waals surface area contributed by atoms with Gasteiger partial charge in [-0.3, -0.25) is 4.79 Å². The van der Waals surface area contributed by atoms with Gasteiger partial charge in [-0.1, -0.05) is 0 Å². The van der Waals surface area contributed by atoms with Gasteiger partial charge in [-0.05, 0) is 6.92 Å². The van der Waals surface area contributed by atoms with Crippen LogP contribution in [0.5, 0.6) is 0 Å². The molecule has 5 heteroatoms. The monoisotopic (exact) mass is 204 g/mol. The zero-order valence-electron chi connectivity index (χ0n) is 8.85. The summed E-state index contributed by atoms with van der Waals surface area (Å²) in [5, 5.41) is 0. The van der Waals surface area contributed by atoms with E-state index in [0.717, 1.165) is 0 Å². The highest BCUT2D eigenvalue weighted by Crippen LogP contribution is 2.26. The minimum Gasteiger partial charge on any atom is -0.433 e. The molecule has 0 unspecified atom stereocenters. The molecule has 14 heavy (non-hydrogen) atoms. The zero-order chi connectivity index (χ0) is 10.7. The molecule has 0 aromatic heterocycles. The topological polar surface area (TPSA) is 54.0 Å². The Morgan fingerprint density at radius 1 is 1.21 bits per heavy atom. The maximum atomic E-state index is 10.8. The maximum Gasteiger partial charge on any atom is 0.305 e. The van der Waals surface area contributed by atoms with E-state index in [1.807, 2.05) is 6.92 Å². The van der Waals surface area contributed by atoms with E-state index in [1.54, 1.807) is 7.11 Å². The third-order valence-electron chi connectivity index (χ3n) is 2.23. The summed E-state index contributed by atoms with van der Waals surface area (Å²) < 4.78 is 20.7. The smallest absolute Gasteiger partial charge is 0.305 e. The molecule has 0 aliphatic carbocycles. The fourth-order valence-electron chi connectivity index (χ4n) is 1.62. The lowest BCUT2D eigenvalue weighted by Crippen LogP contribution is -2.37. The lowest BCUT2D eigenvalue weighted by molar-refractivity contribution is -0.187. The second-order valence-corrected chi connectivity index (χ2v) is 3.22. The van der Waals surface area contributed by atoms with Gasteiger partial charge in [0.25, 0.3) is 0 Å². The van der Waals surface area contributed by atoms with Crippen LogP contribution < -0.4 is 0 Å². The highest BCUT2D eigenvalue weighted by Gasteiger charge is 2.45. The van der Waals surface area contributed by atoms with Crippen LogP contribution in [0.2, 0.25) is 0 Å². The molecule has 5 nitrogen and oxygen atoms in total. The van der Waals surface area contributed by atoms with Gasteiger partial charge in [0.1, 0.15) is 12.2 Å². The number of ether oxygens (including phenoxy) is 4. The number of hydrogen-bond donors (Lipinski definition) is 0. The molecule has 4 atom stereocenters. The average Bonchev–Trinajstić information content (AvgIpc) is 2.39. The summed E-state index contributed by atoms with van der Waals surface area (Å²) in [6, 6.07) is 0. The summed E-state index contributed by atoms with van der Waals surface area (Å²) in [5.74, 6) is -0.388. The van der Waals surface area contributed by atoms with Crippen molar-refractivity contribution < 1.29 is 23.7 Å². The van der Waals surface area contributed by atoms with E-state index in [9.17, 15) is 4.79 Å². The highest BCUT2D eigenvalue weighted by atomic mass is 16.7. The summed E-state index contributed by atoms with van der Waals surface area (Å²) in [6.07, 6.45) is -1.38. The van der Waals surface area contributed by atoms with Crippen molar-refractivity contribution in [3.8, 4) is 0 Å². The van der Waals surface area contributed by atoms with Crippen LogP contribution in [0.4, 0.5) is 0 Å². The molecular weight excluding hydrogens is 188 g/mol. The lowest BCUT2D eigenvalue weighted by atomic mass is 10.1. The summed E-state index contributed by atoms with van der Waals surface area (Å²) >= 11 is 0. The first kappa shape index (κ1) is 11.4. The van der Waals surface area contributed by atoms with Crippen molar-refractivity contribution in [2.24, 2.45) is 0 Å². The van der Waals surface area contributed by atoms with Crippen molar-refractivity contribution in [3.63, 3.8) is 0 Å². The molecule has 1 aliphatic rings. The second-order valence-electron chi connectivity index (χ2n) is 3.22. The third kappa shape index (κ3) is 2.23. The number of methoxy groups -OCH3 is 2. The van der Waals surface area contributed by atoms with Gasteiger partial charge in [0.05, 0.1) is 6.10 Å². The summed E-state index contributed by atoms with van der Waals surface area (Å²) in [7, 11) is 3.11. The second kappa shape index (κ2) is 4.72. The normalized spacial score (nSPS) is 37.1. The Balaban J connectivity index is 2.64. The van der Waals surface area contributed by atoms with Gasteiger partial charge in [-0.2, -0.15) is 0 Å². The van der Waals surface area contributed by atoms with Crippen LogP contribution in [0.25, 0.3) is 0 Å². The Labute approximate surface area is 83.3 Å². The van der Waals surface area contributed by atoms with Crippen LogP contribution in [0.1, 0.15) is 13.8 Å². The molecule has 0 spiro atoms. The van der Waals surface area contributed by atoms with E-state index >= 15 is 0 Å². The Kier molecular flexibility index (Phi) is 3.86. The number of carbonyl (C=O) groups is 1. The zero-order valence-corrected chi connectivity index (χ0v) is 8.85. The van der Waals surface area contributed by atoms with Gasteiger partial charge in [-0.15, -0.1) is 0 Å². The Bertz CT molecular complexity index is 205. The van der Waals surface area contributed by atoms with E-state index in [2.05, 4.69) is 0 Å². The molecule has 0 N–H and O–H groups in total. The van der Waals surface area contributed by atoms with Crippen molar-refractivity contribution in [1.29, 1.82) is 0 Å². The first-order valence-electron chi connectivity index (χ1n) is 4.48. The molecule has 0 radical (unpaired) electrons.